The molecule has 1 aliphatic rings. The van der Waals surface area contributed by atoms with E-state index in [9.17, 15) is 0 Å². The van der Waals surface area contributed by atoms with Crippen molar-refractivity contribution in [3.63, 3.8) is 0 Å². The summed E-state index contributed by atoms with van der Waals surface area (Å²) in [5.74, 6) is 1.18. The van der Waals surface area contributed by atoms with Crippen LogP contribution in [-0.2, 0) is 11.3 Å². The fourth-order valence-electron chi connectivity index (χ4n) is 1.33. The highest BCUT2D eigenvalue weighted by Gasteiger charge is 2.26. The molecule has 0 amide bonds. The molecule has 0 aliphatic heterocycles. The van der Waals surface area contributed by atoms with Crippen LogP contribution in [0.3, 0.4) is 0 Å². The molecule has 0 aromatic carbocycles. The summed E-state index contributed by atoms with van der Waals surface area (Å²) in [6.45, 7) is 2.19. The van der Waals surface area contributed by atoms with Gasteiger partial charge in [0.15, 0.2) is 5.82 Å². The van der Waals surface area contributed by atoms with Gasteiger partial charge in [0.1, 0.15) is 6.61 Å². The molecule has 1 heterocycles. The zero-order chi connectivity index (χ0) is 9.26. The molecule has 2 rings (SSSR count). The third kappa shape index (κ3) is 2.05. The Hall–Kier alpha value is -0.940. The van der Waals surface area contributed by atoms with Crippen LogP contribution in [0.2, 0.25) is 0 Å². The number of hydrogen-bond acceptors (Lipinski definition) is 5. The first-order valence-electron chi connectivity index (χ1n) is 4.40. The van der Waals surface area contributed by atoms with Gasteiger partial charge in [0, 0.05) is 6.04 Å². The molecule has 1 aromatic heterocycles. The van der Waals surface area contributed by atoms with E-state index in [0.717, 1.165) is 12.8 Å². The monoisotopic (exact) mass is 183 g/mol. The lowest BCUT2D eigenvalue weighted by atomic mass is 9.90. The van der Waals surface area contributed by atoms with Gasteiger partial charge in [-0.05, 0) is 19.8 Å². The van der Waals surface area contributed by atoms with E-state index in [-0.39, 0.29) is 6.10 Å². The third-order valence-corrected chi connectivity index (χ3v) is 2.14. The number of nitrogens with zero attached hydrogens (tertiary/aromatic N) is 2. The Morgan fingerprint density at radius 1 is 1.62 bits per heavy atom. The molecule has 0 bridgehead atoms. The maximum atomic E-state index is 5.61. The number of ether oxygens (including phenoxy) is 1. The second-order valence-corrected chi connectivity index (χ2v) is 3.40. The van der Waals surface area contributed by atoms with Crippen molar-refractivity contribution in [2.24, 2.45) is 5.73 Å². The fraction of sp³-hybridized carbons (Fsp3) is 0.750. The van der Waals surface area contributed by atoms with Gasteiger partial charge in [-0.3, -0.25) is 0 Å². The van der Waals surface area contributed by atoms with Crippen molar-refractivity contribution in [2.45, 2.75) is 38.5 Å². The number of nitrogens with two attached hydrogens (primary N) is 1. The van der Waals surface area contributed by atoms with E-state index >= 15 is 0 Å². The molecule has 0 unspecified atom stereocenters. The van der Waals surface area contributed by atoms with Gasteiger partial charge in [0.05, 0.1) is 6.10 Å². The van der Waals surface area contributed by atoms with Crippen LogP contribution in [-0.4, -0.2) is 22.3 Å². The molecule has 13 heavy (non-hydrogen) atoms. The van der Waals surface area contributed by atoms with Gasteiger partial charge in [-0.15, -0.1) is 0 Å². The van der Waals surface area contributed by atoms with Crippen LogP contribution < -0.4 is 5.73 Å². The summed E-state index contributed by atoms with van der Waals surface area (Å²) < 4.78 is 10.4. The molecule has 1 fully saturated rings. The quantitative estimate of drug-likeness (QED) is 0.733. The molecule has 72 valence electrons. The highest BCUT2D eigenvalue weighted by atomic mass is 16.5. The Balaban J connectivity index is 1.74. The summed E-state index contributed by atoms with van der Waals surface area (Å²) in [4.78, 5) is 4.03. The summed E-state index contributed by atoms with van der Waals surface area (Å²) in [6.07, 6.45) is 2.16. The highest BCUT2D eigenvalue weighted by molar-refractivity contribution is 4.85. The second-order valence-electron chi connectivity index (χ2n) is 3.40. The van der Waals surface area contributed by atoms with E-state index in [1.807, 2.05) is 0 Å². The topological polar surface area (TPSA) is 74.2 Å². The summed E-state index contributed by atoms with van der Waals surface area (Å²) >= 11 is 0. The van der Waals surface area contributed by atoms with Gasteiger partial charge in [0.25, 0.3) is 5.89 Å². The Kier molecular flexibility index (Phi) is 2.28. The van der Waals surface area contributed by atoms with E-state index in [0.29, 0.717) is 24.4 Å². The van der Waals surface area contributed by atoms with Crippen molar-refractivity contribution >= 4 is 0 Å². The Bertz CT molecular complexity index is 281. The maximum absolute atomic E-state index is 5.61. The Morgan fingerprint density at radius 3 is 2.92 bits per heavy atom. The van der Waals surface area contributed by atoms with Crippen LogP contribution >= 0.6 is 0 Å². The molecule has 0 radical (unpaired) electrons. The van der Waals surface area contributed by atoms with Crippen molar-refractivity contribution in [1.29, 1.82) is 0 Å². The molecular formula is C8H13N3O2. The smallest absolute Gasteiger partial charge is 0.252 e. The highest BCUT2D eigenvalue weighted by Crippen LogP contribution is 2.21. The lowest BCUT2D eigenvalue weighted by Gasteiger charge is -2.31. The van der Waals surface area contributed by atoms with Gasteiger partial charge < -0.3 is 15.0 Å². The normalized spacial score (nSPS) is 27.2. The predicted octanol–water partition coefficient (Wildman–Crippen LogP) is 0.384. The van der Waals surface area contributed by atoms with E-state index in [1.54, 1.807) is 6.92 Å². The van der Waals surface area contributed by atoms with Crippen molar-refractivity contribution in [3.8, 4) is 0 Å². The van der Waals surface area contributed by atoms with E-state index in [1.165, 1.54) is 0 Å². The molecule has 0 atom stereocenters. The SMILES string of the molecule is Cc1noc(COC2CC(N)C2)n1. The molecule has 1 saturated carbocycles. The molecule has 5 nitrogen and oxygen atoms in total. The van der Waals surface area contributed by atoms with Crippen LogP contribution in [0, 0.1) is 6.92 Å². The van der Waals surface area contributed by atoms with Crippen molar-refractivity contribution in [3.05, 3.63) is 11.7 Å². The molecule has 0 spiro atoms. The summed E-state index contributed by atoms with van der Waals surface area (Å²) in [5, 5.41) is 3.66. The Labute approximate surface area is 76.3 Å². The number of rotatable bonds is 3. The average Bonchev–Trinajstić information content (AvgIpc) is 2.43. The zero-order valence-corrected chi connectivity index (χ0v) is 7.56. The van der Waals surface area contributed by atoms with E-state index in [2.05, 4.69) is 10.1 Å². The lowest BCUT2D eigenvalue weighted by molar-refractivity contribution is -0.0285. The van der Waals surface area contributed by atoms with Gasteiger partial charge >= 0.3 is 0 Å². The van der Waals surface area contributed by atoms with Gasteiger partial charge in [-0.25, -0.2) is 0 Å². The minimum atomic E-state index is 0.280. The van der Waals surface area contributed by atoms with Crippen LogP contribution in [0.1, 0.15) is 24.6 Å². The molecule has 5 heteroatoms. The first kappa shape index (κ1) is 8.65. The van der Waals surface area contributed by atoms with Crippen LogP contribution in [0.15, 0.2) is 4.52 Å². The summed E-state index contributed by atoms with van der Waals surface area (Å²) in [6, 6.07) is 0.314. The number of aromatic nitrogens is 2. The van der Waals surface area contributed by atoms with Crippen LogP contribution in [0.25, 0.3) is 0 Å². The molecule has 2 N–H and O–H groups in total. The fourth-order valence-corrected chi connectivity index (χ4v) is 1.33. The van der Waals surface area contributed by atoms with Gasteiger partial charge in [0.2, 0.25) is 0 Å². The Morgan fingerprint density at radius 2 is 2.38 bits per heavy atom. The van der Waals surface area contributed by atoms with Crippen molar-refractivity contribution < 1.29 is 9.26 Å². The summed E-state index contributed by atoms with van der Waals surface area (Å²) in [5.41, 5.74) is 5.61. The first-order chi connectivity index (χ1) is 6.24. The van der Waals surface area contributed by atoms with Crippen molar-refractivity contribution in [2.75, 3.05) is 0 Å². The minimum Gasteiger partial charge on any atom is -0.368 e. The first-order valence-corrected chi connectivity index (χ1v) is 4.40. The zero-order valence-electron chi connectivity index (χ0n) is 7.56. The molecule has 1 aromatic rings. The largest absolute Gasteiger partial charge is 0.368 e. The lowest BCUT2D eigenvalue weighted by Crippen LogP contribution is -2.41. The van der Waals surface area contributed by atoms with E-state index < -0.39 is 0 Å². The molecule has 1 aliphatic carbocycles. The number of aryl methyl sites for hydroxylation is 1. The minimum absolute atomic E-state index is 0.280. The number of hydrogen-bond donors (Lipinski definition) is 1. The molecular weight excluding hydrogens is 170 g/mol. The standard InChI is InChI=1S/C8H13N3O2/c1-5-10-8(13-11-5)4-12-7-2-6(9)3-7/h6-7H,2-4,9H2,1H3. The third-order valence-electron chi connectivity index (χ3n) is 2.14. The second kappa shape index (κ2) is 3.43. The van der Waals surface area contributed by atoms with Gasteiger partial charge in [-0.1, -0.05) is 5.16 Å². The predicted molar refractivity (Wildman–Crippen MR) is 44.8 cm³/mol. The van der Waals surface area contributed by atoms with Gasteiger partial charge in [-0.2, -0.15) is 4.98 Å². The van der Waals surface area contributed by atoms with Crippen LogP contribution in [0.4, 0.5) is 0 Å². The van der Waals surface area contributed by atoms with E-state index in [4.69, 9.17) is 15.0 Å². The average molecular weight is 183 g/mol. The molecule has 0 saturated heterocycles. The maximum Gasteiger partial charge on any atom is 0.252 e. The van der Waals surface area contributed by atoms with Crippen molar-refractivity contribution in [1.82, 2.24) is 10.1 Å². The summed E-state index contributed by atoms with van der Waals surface area (Å²) in [7, 11) is 0. The van der Waals surface area contributed by atoms with Crippen LogP contribution in [0.5, 0.6) is 0 Å².